The zero-order valence-electron chi connectivity index (χ0n) is 13.4. The quantitative estimate of drug-likeness (QED) is 0.725. The third-order valence-corrected chi connectivity index (χ3v) is 7.12. The molecule has 0 aliphatic heterocycles. The molecule has 0 aromatic heterocycles. The highest BCUT2D eigenvalue weighted by molar-refractivity contribution is 4.97. The first-order valence-electron chi connectivity index (χ1n) is 9.39. The van der Waals surface area contributed by atoms with E-state index in [1.165, 1.54) is 70.6 Å². The zero-order valence-corrected chi connectivity index (χ0v) is 13.4. The Balaban J connectivity index is 1.73. The average molecular weight is 278 g/mol. The Kier molecular flexibility index (Phi) is 4.75. The van der Waals surface area contributed by atoms with E-state index in [1.807, 2.05) is 0 Å². The second kappa shape index (κ2) is 6.38. The maximum absolute atomic E-state index is 9.85. The summed E-state index contributed by atoms with van der Waals surface area (Å²) >= 11 is 0. The standard InChI is InChI=1S/C19H34O/c1-15-5-7-16(8-6-15)19(13-3-2-4-14-19)17-9-11-18(20)12-10-17/h15-18,20H,2-14H2,1H3. The molecule has 3 aliphatic carbocycles. The number of rotatable bonds is 2. The highest BCUT2D eigenvalue weighted by Gasteiger charge is 2.46. The van der Waals surface area contributed by atoms with Gasteiger partial charge in [-0.1, -0.05) is 39.0 Å². The van der Waals surface area contributed by atoms with Crippen molar-refractivity contribution in [2.75, 3.05) is 0 Å². The lowest BCUT2D eigenvalue weighted by Crippen LogP contribution is -2.43. The predicted molar refractivity (Wildman–Crippen MR) is 84.6 cm³/mol. The zero-order chi connectivity index (χ0) is 14.0. The minimum atomic E-state index is 0.0123. The number of aliphatic hydroxyl groups is 1. The molecule has 0 aromatic carbocycles. The molecule has 3 rings (SSSR count). The largest absolute Gasteiger partial charge is 0.393 e. The van der Waals surface area contributed by atoms with Crippen LogP contribution in [0.2, 0.25) is 0 Å². The van der Waals surface area contributed by atoms with Gasteiger partial charge in [0.15, 0.2) is 0 Å². The summed E-state index contributed by atoms with van der Waals surface area (Å²) in [5.41, 5.74) is 0.679. The van der Waals surface area contributed by atoms with Crippen LogP contribution in [0.1, 0.15) is 90.4 Å². The molecule has 0 bridgehead atoms. The third-order valence-electron chi connectivity index (χ3n) is 7.12. The lowest BCUT2D eigenvalue weighted by atomic mass is 9.53. The van der Waals surface area contributed by atoms with Crippen molar-refractivity contribution in [3.63, 3.8) is 0 Å². The molecule has 116 valence electrons. The first-order chi connectivity index (χ1) is 9.71. The lowest BCUT2D eigenvalue weighted by Gasteiger charge is -2.52. The molecule has 1 nitrogen and oxygen atoms in total. The van der Waals surface area contributed by atoms with Crippen LogP contribution in [0.3, 0.4) is 0 Å². The van der Waals surface area contributed by atoms with E-state index in [0.29, 0.717) is 5.41 Å². The van der Waals surface area contributed by atoms with Crippen LogP contribution in [0.4, 0.5) is 0 Å². The fourth-order valence-corrected chi connectivity index (χ4v) is 5.85. The van der Waals surface area contributed by atoms with Crippen LogP contribution < -0.4 is 0 Å². The fourth-order valence-electron chi connectivity index (χ4n) is 5.85. The molecule has 0 radical (unpaired) electrons. The van der Waals surface area contributed by atoms with Crippen molar-refractivity contribution in [1.82, 2.24) is 0 Å². The fraction of sp³-hybridized carbons (Fsp3) is 1.00. The van der Waals surface area contributed by atoms with Crippen LogP contribution in [-0.4, -0.2) is 11.2 Å². The molecular weight excluding hydrogens is 244 g/mol. The maximum Gasteiger partial charge on any atom is 0.0540 e. The van der Waals surface area contributed by atoms with Crippen molar-refractivity contribution in [3.05, 3.63) is 0 Å². The lowest BCUT2D eigenvalue weighted by molar-refractivity contribution is -0.0347. The summed E-state index contributed by atoms with van der Waals surface area (Å²) in [5, 5.41) is 9.85. The Morgan fingerprint density at radius 2 is 1.20 bits per heavy atom. The molecule has 0 spiro atoms. The summed E-state index contributed by atoms with van der Waals surface area (Å²) in [4.78, 5) is 0. The van der Waals surface area contributed by atoms with Gasteiger partial charge in [0.1, 0.15) is 0 Å². The minimum absolute atomic E-state index is 0.0123. The van der Waals surface area contributed by atoms with Crippen molar-refractivity contribution >= 4 is 0 Å². The van der Waals surface area contributed by atoms with E-state index in [9.17, 15) is 5.11 Å². The Morgan fingerprint density at radius 3 is 1.75 bits per heavy atom. The van der Waals surface area contributed by atoms with E-state index < -0.39 is 0 Å². The van der Waals surface area contributed by atoms with Gasteiger partial charge in [-0.05, 0) is 74.5 Å². The van der Waals surface area contributed by atoms with Crippen molar-refractivity contribution < 1.29 is 5.11 Å². The Bertz CT molecular complexity index is 265. The molecule has 0 amide bonds. The molecule has 0 aromatic rings. The smallest absolute Gasteiger partial charge is 0.0540 e. The Morgan fingerprint density at radius 1 is 0.700 bits per heavy atom. The van der Waals surface area contributed by atoms with Crippen molar-refractivity contribution in [3.8, 4) is 0 Å². The van der Waals surface area contributed by atoms with Gasteiger partial charge in [0.2, 0.25) is 0 Å². The van der Waals surface area contributed by atoms with Crippen LogP contribution in [0.15, 0.2) is 0 Å². The van der Waals surface area contributed by atoms with E-state index >= 15 is 0 Å². The average Bonchev–Trinajstić information content (AvgIpc) is 2.49. The molecule has 1 heteroatoms. The van der Waals surface area contributed by atoms with Crippen LogP contribution in [0, 0.1) is 23.2 Å². The number of aliphatic hydroxyl groups excluding tert-OH is 1. The van der Waals surface area contributed by atoms with Gasteiger partial charge in [-0.2, -0.15) is 0 Å². The topological polar surface area (TPSA) is 20.2 Å². The van der Waals surface area contributed by atoms with Crippen molar-refractivity contribution in [2.24, 2.45) is 23.2 Å². The van der Waals surface area contributed by atoms with E-state index in [0.717, 1.165) is 30.6 Å². The van der Waals surface area contributed by atoms with Gasteiger partial charge in [-0.15, -0.1) is 0 Å². The Labute approximate surface area is 125 Å². The molecule has 0 atom stereocenters. The van der Waals surface area contributed by atoms with Crippen molar-refractivity contribution in [1.29, 1.82) is 0 Å². The summed E-state index contributed by atoms with van der Waals surface area (Å²) in [7, 11) is 0. The van der Waals surface area contributed by atoms with Gasteiger partial charge in [0.25, 0.3) is 0 Å². The van der Waals surface area contributed by atoms with Gasteiger partial charge < -0.3 is 5.11 Å². The van der Waals surface area contributed by atoms with E-state index in [4.69, 9.17) is 0 Å². The summed E-state index contributed by atoms with van der Waals surface area (Å²) in [6.45, 7) is 2.45. The van der Waals surface area contributed by atoms with E-state index in [1.54, 1.807) is 0 Å². The first-order valence-corrected chi connectivity index (χ1v) is 9.39. The molecule has 0 unspecified atom stereocenters. The van der Waals surface area contributed by atoms with Crippen LogP contribution in [0.5, 0.6) is 0 Å². The van der Waals surface area contributed by atoms with Crippen LogP contribution in [0.25, 0.3) is 0 Å². The minimum Gasteiger partial charge on any atom is -0.393 e. The number of hydrogen-bond acceptors (Lipinski definition) is 1. The Hall–Kier alpha value is -0.0400. The molecular formula is C19H34O. The van der Waals surface area contributed by atoms with Gasteiger partial charge in [0.05, 0.1) is 6.10 Å². The first kappa shape index (κ1) is 14.9. The number of hydrogen-bond donors (Lipinski definition) is 1. The molecule has 3 fully saturated rings. The van der Waals surface area contributed by atoms with Crippen LogP contribution in [-0.2, 0) is 0 Å². The second-order valence-corrected chi connectivity index (χ2v) is 8.26. The SMILES string of the molecule is CC1CCC(C2(C3CCC(O)CC3)CCCCC2)CC1. The van der Waals surface area contributed by atoms with Crippen LogP contribution >= 0.6 is 0 Å². The highest BCUT2D eigenvalue weighted by Crippen LogP contribution is 2.56. The van der Waals surface area contributed by atoms with E-state index in [-0.39, 0.29) is 6.10 Å². The normalized spacial score (nSPS) is 42.3. The third kappa shape index (κ3) is 2.93. The summed E-state index contributed by atoms with van der Waals surface area (Å²) in [6, 6.07) is 0. The van der Waals surface area contributed by atoms with E-state index in [2.05, 4.69) is 6.92 Å². The monoisotopic (exact) mass is 278 g/mol. The van der Waals surface area contributed by atoms with Gasteiger partial charge in [-0.25, -0.2) is 0 Å². The molecule has 0 saturated heterocycles. The molecule has 3 aliphatic rings. The predicted octanol–water partition coefficient (Wildman–Crippen LogP) is 5.31. The molecule has 3 saturated carbocycles. The maximum atomic E-state index is 9.85. The van der Waals surface area contributed by atoms with Gasteiger partial charge >= 0.3 is 0 Å². The summed E-state index contributed by atoms with van der Waals surface area (Å²) in [5.74, 6) is 2.92. The highest BCUT2D eigenvalue weighted by atomic mass is 16.3. The van der Waals surface area contributed by atoms with Gasteiger partial charge in [0, 0.05) is 0 Å². The van der Waals surface area contributed by atoms with Crippen molar-refractivity contribution in [2.45, 2.75) is 96.5 Å². The molecule has 1 N–H and O–H groups in total. The molecule has 20 heavy (non-hydrogen) atoms. The van der Waals surface area contributed by atoms with Gasteiger partial charge in [-0.3, -0.25) is 0 Å². The molecule has 0 heterocycles. The summed E-state index contributed by atoms with van der Waals surface area (Å²) < 4.78 is 0. The second-order valence-electron chi connectivity index (χ2n) is 8.26. The summed E-state index contributed by atoms with van der Waals surface area (Å²) in [6.07, 6.45) is 18.2.